The van der Waals surface area contributed by atoms with Gasteiger partial charge in [0, 0.05) is 62.5 Å². The van der Waals surface area contributed by atoms with Gasteiger partial charge in [0.2, 0.25) is 11.5 Å². The van der Waals surface area contributed by atoms with Gasteiger partial charge in [0.25, 0.3) is 0 Å². The van der Waals surface area contributed by atoms with Gasteiger partial charge < -0.3 is 90.6 Å². The highest BCUT2D eigenvalue weighted by Crippen LogP contribution is 2.47. The van der Waals surface area contributed by atoms with Gasteiger partial charge in [0.05, 0.1) is 125 Å². The van der Waals surface area contributed by atoms with Crippen molar-refractivity contribution >= 4 is 11.9 Å². The fraction of sp³-hybridized carbons (Fsp3) is 0.517. The van der Waals surface area contributed by atoms with Crippen LogP contribution in [0.25, 0.3) is 0 Å². The molecule has 0 saturated heterocycles. The first kappa shape index (κ1) is 62.6. The standard InChI is InChI=1S/C58H80N2O14.2ClH/c1-59(25-21-41-35-47(63-3)49(65-5)37-43(41)45(59)29-39-31-51(67-7)57(71-11)52(32-39)68-8)23-17-27-73-55(61)19-15-13-14-16-20-56(62)74-28-18-24-60(2)26-22-42-36-48(64-4)50(66-6)38-44(42)46(60)30-40-33-53(69-9)58(72-12)54(34-40)70-10;;/h13-14,31-38,45-46H,15-30H2,1-12H3;2*1H/q+2;;/p-2/b14-13+;;. The van der Waals surface area contributed by atoms with Crippen LogP contribution in [0.3, 0.4) is 0 Å². The Kier molecular flexibility index (Phi) is 24.3. The van der Waals surface area contributed by atoms with Gasteiger partial charge in [-0.1, -0.05) is 12.2 Å². The van der Waals surface area contributed by atoms with Gasteiger partial charge in [-0.25, -0.2) is 0 Å². The number of likely N-dealkylation sites (N-methyl/N-ethyl adjacent to an activating group) is 2. The minimum atomic E-state index is -0.246. The second kappa shape index (κ2) is 29.5. The molecular formula is C58H80Cl2N2O14. The molecule has 2 heterocycles. The number of benzene rings is 4. The second-order valence-corrected chi connectivity index (χ2v) is 19.4. The Hall–Kier alpha value is -5.94. The molecule has 18 heteroatoms. The van der Waals surface area contributed by atoms with E-state index in [1.54, 1.807) is 71.1 Å². The van der Waals surface area contributed by atoms with Crippen molar-refractivity contribution in [3.05, 3.63) is 94.1 Å². The van der Waals surface area contributed by atoms with Gasteiger partial charge in [-0.15, -0.1) is 0 Å². The molecule has 2 aliphatic heterocycles. The molecule has 76 heavy (non-hydrogen) atoms. The Morgan fingerprint density at radius 3 is 1.08 bits per heavy atom. The number of carbonyl (C=O) groups is 2. The van der Waals surface area contributed by atoms with Crippen molar-refractivity contribution in [1.29, 1.82) is 0 Å². The van der Waals surface area contributed by atoms with E-state index in [9.17, 15) is 9.59 Å². The Bertz CT molecular complexity index is 2350. The average molecular weight is 1100 g/mol. The summed E-state index contributed by atoms with van der Waals surface area (Å²) in [5.74, 6) is 5.81. The lowest BCUT2D eigenvalue weighted by Gasteiger charge is -2.46. The molecule has 4 atom stereocenters. The molecule has 4 aromatic rings. The van der Waals surface area contributed by atoms with Crippen LogP contribution in [0, 0.1) is 0 Å². The number of hydrogen-bond donors (Lipinski definition) is 0. The van der Waals surface area contributed by atoms with E-state index in [0.717, 1.165) is 59.1 Å². The van der Waals surface area contributed by atoms with Gasteiger partial charge in [-0.05, 0) is 83.6 Å². The zero-order chi connectivity index (χ0) is 53.4. The molecular weight excluding hydrogens is 1020 g/mol. The Morgan fingerprint density at radius 2 is 0.776 bits per heavy atom. The number of fused-ring (bicyclic) bond motifs is 2. The molecule has 0 aliphatic carbocycles. The molecule has 6 rings (SSSR count). The number of nitrogens with zero attached hydrogens (tertiary/aromatic N) is 2. The minimum Gasteiger partial charge on any atom is -1.00 e. The monoisotopic (exact) mass is 1100 g/mol. The normalized spacial score (nSPS) is 18.4. The lowest BCUT2D eigenvalue weighted by molar-refractivity contribution is -0.941. The summed E-state index contributed by atoms with van der Waals surface area (Å²) >= 11 is 0. The number of hydrogen-bond acceptors (Lipinski definition) is 14. The fourth-order valence-corrected chi connectivity index (χ4v) is 10.8. The summed E-state index contributed by atoms with van der Waals surface area (Å²) in [5, 5.41) is 0. The van der Waals surface area contributed by atoms with E-state index in [0.29, 0.717) is 109 Å². The zero-order valence-corrected chi connectivity index (χ0v) is 48.1. The predicted molar refractivity (Wildman–Crippen MR) is 282 cm³/mol. The minimum absolute atomic E-state index is 0. The molecule has 0 amide bonds. The third kappa shape index (κ3) is 15.0. The van der Waals surface area contributed by atoms with Crippen molar-refractivity contribution < 1.29 is 100 Å². The van der Waals surface area contributed by atoms with E-state index in [4.69, 9.17) is 56.8 Å². The van der Waals surface area contributed by atoms with Gasteiger partial charge >= 0.3 is 11.9 Å². The smallest absolute Gasteiger partial charge is 0.306 e. The van der Waals surface area contributed by atoms with Crippen LogP contribution in [0.2, 0.25) is 0 Å². The fourth-order valence-electron chi connectivity index (χ4n) is 10.8. The first-order valence-electron chi connectivity index (χ1n) is 25.5. The first-order valence-corrected chi connectivity index (χ1v) is 25.5. The molecule has 0 aromatic heterocycles. The van der Waals surface area contributed by atoms with E-state index in [1.807, 2.05) is 36.4 Å². The van der Waals surface area contributed by atoms with E-state index < -0.39 is 0 Å². The molecule has 0 fully saturated rings. The SMILES string of the molecule is COc1cc2c(cc1OC)C(Cc1cc(OC)c(OC)c(OC)c1)[N+](C)(CCCOC(=O)CC/C=C/CCC(=O)OCCC[N+]1(C)CCc3cc(OC)c(OC)cc3C1Cc1cc(OC)c(OC)c(OC)c1)CC2.[Cl-].[Cl-]. The summed E-state index contributed by atoms with van der Waals surface area (Å²) in [6, 6.07) is 16.5. The first-order chi connectivity index (χ1) is 35.7. The van der Waals surface area contributed by atoms with Crippen molar-refractivity contribution in [3.8, 4) is 57.5 Å². The quantitative estimate of drug-likeness (QED) is 0.0356. The molecule has 0 radical (unpaired) electrons. The number of quaternary nitrogens is 2. The topological polar surface area (TPSA) is 145 Å². The van der Waals surface area contributed by atoms with Gasteiger partial charge in [-0.3, -0.25) is 9.59 Å². The zero-order valence-electron chi connectivity index (χ0n) is 46.6. The Labute approximate surface area is 462 Å². The summed E-state index contributed by atoms with van der Waals surface area (Å²) in [6.07, 6.45) is 9.94. The number of esters is 2. The average Bonchev–Trinajstić information content (AvgIpc) is 3.42. The number of carbonyl (C=O) groups excluding carboxylic acids is 2. The molecule has 16 nitrogen and oxygen atoms in total. The Balaban J connectivity index is 0.00000624. The predicted octanol–water partition coefficient (Wildman–Crippen LogP) is 3.04. The molecule has 0 saturated carbocycles. The molecule has 0 N–H and O–H groups in total. The van der Waals surface area contributed by atoms with Crippen LogP contribution in [0.4, 0.5) is 0 Å². The van der Waals surface area contributed by atoms with Crippen molar-refractivity contribution in [3.63, 3.8) is 0 Å². The van der Waals surface area contributed by atoms with Crippen molar-refractivity contribution in [1.82, 2.24) is 0 Å². The maximum Gasteiger partial charge on any atom is 0.306 e. The summed E-state index contributed by atoms with van der Waals surface area (Å²) in [4.78, 5) is 25.7. The Morgan fingerprint density at radius 1 is 0.461 bits per heavy atom. The summed E-state index contributed by atoms with van der Waals surface area (Å²) in [7, 11) is 20.9. The summed E-state index contributed by atoms with van der Waals surface area (Å²) in [6.45, 7) is 4.02. The van der Waals surface area contributed by atoms with Gasteiger partial charge in [-0.2, -0.15) is 0 Å². The van der Waals surface area contributed by atoms with Crippen molar-refractivity contribution in [2.24, 2.45) is 0 Å². The number of halogens is 2. The van der Waals surface area contributed by atoms with E-state index in [-0.39, 0.29) is 61.7 Å². The van der Waals surface area contributed by atoms with Crippen molar-refractivity contribution in [2.75, 3.05) is 125 Å². The van der Waals surface area contributed by atoms with E-state index in [1.165, 1.54) is 22.3 Å². The number of ether oxygens (including phenoxy) is 12. The van der Waals surface area contributed by atoms with Gasteiger partial charge in [0.15, 0.2) is 46.0 Å². The highest BCUT2D eigenvalue weighted by Gasteiger charge is 2.42. The number of allylic oxidation sites excluding steroid dienone is 2. The number of methoxy groups -OCH3 is 10. The maximum atomic E-state index is 12.9. The molecule has 0 spiro atoms. The van der Waals surface area contributed by atoms with Crippen LogP contribution < -0.4 is 72.2 Å². The largest absolute Gasteiger partial charge is 1.00 e. The van der Waals surface area contributed by atoms with Crippen LogP contribution >= 0.6 is 0 Å². The molecule has 4 aromatic carbocycles. The highest BCUT2D eigenvalue weighted by atomic mass is 35.5. The van der Waals surface area contributed by atoms with Crippen LogP contribution in [0.5, 0.6) is 57.5 Å². The van der Waals surface area contributed by atoms with Crippen LogP contribution in [-0.4, -0.2) is 145 Å². The van der Waals surface area contributed by atoms with Gasteiger partial charge in [0.1, 0.15) is 12.1 Å². The van der Waals surface area contributed by atoms with Crippen LogP contribution in [0.15, 0.2) is 60.7 Å². The number of rotatable bonds is 28. The maximum absolute atomic E-state index is 12.9. The lowest BCUT2D eigenvalue weighted by atomic mass is 9.86. The second-order valence-electron chi connectivity index (χ2n) is 19.4. The third-order valence-corrected chi connectivity index (χ3v) is 15.0. The van der Waals surface area contributed by atoms with Crippen LogP contribution in [-0.2, 0) is 44.7 Å². The van der Waals surface area contributed by atoms with Crippen molar-refractivity contribution in [2.45, 2.75) is 76.3 Å². The van der Waals surface area contributed by atoms with E-state index >= 15 is 0 Å². The summed E-state index contributed by atoms with van der Waals surface area (Å²) in [5.41, 5.74) is 6.93. The highest BCUT2D eigenvalue weighted by molar-refractivity contribution is 5.70. The van der Waals surface area contributed by atoms with E-state index in [2.05, 4.69) is 38.4 Å². The molecule has 4 unspecified atom stereocenters. The summed E-state index contributed by atoms with van der Waals surface area (Å²) < 4.78 is 69.8. The third-order valence-electron chi connectivity index (χ3n) is 15.0. The molecule has 0 bridgehead atoms. The molecule has 2 aliphatic rings. The lowest BCUT2D eigenvalue weighted by Crippen LogP contribution is -3.00. The molecule has 420 valence electrons. The van der Waals surface area contributed by atoms with Crippen LogP contribution in [0.1, 0.15) is 84.0 Å².